The molecule has 0 aliphatic carbocycles. The monoisotopic (exact) mass is 332 g/mol. The summed E-state index contributed by atoms with van der Waals surface area (Å²) in [5.74, 6) is 0. The van der Waals surface area contributed by atoms with Crippen molar-refractivity contribution in [2.45, 2.75) is 6.92 Å². The molecule has 0 bridgehead atoms. The number of aromatic nitrogens is 2. The van der Waals surface area contributed by atoms with Gasteiger partial charge in [0, 0.05) is 23.6 Å². The second-order valence-electron chi connectivity index (χ2n) is 5.81. The Labute approximate surface area is 143 Å². The van der Waals surface area contributed by atoms with Crippen molar-refractivity contribution in [1.29, 1.82) is 0 Å². The molecule has 0 saturated carbocycles. The van der Waals surface area contributed by atoms with Crippen LogP contribution in [0.3, 0.4) is 0 Å². The average molecular weight is 332 g/mol. The second kappa shape index (κ2) is 5.73. The molecule has 0 atom stereocenters. The summed E-state index contributed by atoms with van der Waals surface area (Å²) >= 11 is 1.64. The van der Waals surface area contributed by atoms with E-state index in [-0.39, 0.29) is 5.56 Å². The molecule has 2 heterocycles. The summed E-state index contributed by atoms with van der Waals surface area (Å²) in [6.07, 6.45) is 0. The molecule has 0 fully saturated rings. The smallest absolute Gasteiger partial charge is 0.258 e. The summed E-state index contributed by atoms with van der Waals surface area (Å²) in [5, 5.41) is 4.17. The lowest BCUT2D eigenvalue weighted by Gasteiger charge is -2.09. The van der Waals surface area contributed by atoms with Crippen LogP contribution in [0.1, 0.15) is 5.01 Å². The molecule has 0 aliphatic rings. The first-order chi connectivity index (χ1) is 11.6. The van der Waals surface area contributed by atoms with Crippen LogP contribution in [0.5, 0.6) is 0 Å². The highest BCUT2D eigenvalue weighted by Gasteiger charge is 2.09. The van der Waals surface area contributed by atoms with Crippen LogP contribution in [0.4, 0.5) is 0 Å². The van der Waals surface area contributed by atoms with Gasteiger partial charge in [-0.1, -0.05) is 42.5 Å². The number of hydrogen-bond donors (Lipinski definition) is 0. The van der Waals surface area contributed by atoms with Crippen LogP contribution in [-0.4, -0.2) is 9.55 Å². The fraction of sp³-hybridized carbons (Fsp3) is 0.100. The number of fused-ring (bicyclic) bond motifs is 1. The summed E-state index contributed by atoms with van der Waals surface area (Å²) in [5.41, 5.74) is 4.66. The molecular weight excluding hydrogens is 316 g/mol. The molecule has 2 aromatic heterocycles. The summed E-state index contributed by atoms with van der Waals surface area (Å²) in [6.45, 7) is 2.00. The minimum absolute atomic E-state index is 0.0194. The average Bonchev–Trinajstić information content (AvgIpc) is 3.05. The highest BCUT2D eigenvalue weighted by Crippen LogP contribution is 2.26. The number of nitrogens with zero attached hydrogens (tertiary/aromatic N) is 2. The fourth-order valence-corrected chi connectivity index (χ4v) is 3.57. The SMILES string of the molecule is Cc1nc(-c2ccc(-c3cc4ccccc4n(C)c3=O)cc2)cs1. The van der Waals surface area contributed by atoms with Crippen molar-refractivity contribution in [3.8, 4) is 22.4 Å². The van der Waals surface area contributed by atoms with Gasteiger partial charge in [-0.05, 0) is 30.0 Å². The van der Waals surface area contributed by atoms with Crippen molar-refractivity contribution in [1.82, 2.24) is 9.55 Å². The molecule has 0 N–H and O–H groups in total. The standard InChI is InChI=1S/C20H16N2OS/c1-13-21-18(12-24-13)15-9-7-14(8-10-15)17-11-16-5-3-4-6-19(16)22(2)20(17)23/h3-12H,1-2H3. The Balaban J connectivity index is 1.83. The van der Waals surface area contributed by atoms with E-state index in [1.165, 1.54) is 0 Å². The number of para-hydroxylation sites is 1. The molecule has 4 aromatic rings. The summed E-state index contributed by atoms with van der Waals surface area (Å²) in [6, 6.07) is 18.0. The quantitative estimate of drug-likeness (QED) is 0.536. The van der Waals surface area contributed by atoms with Crippen LogP contribution in [0.15, 0.2) is 64.8 Å². The maximum atomic E-state index is 12.7. The summed E-state index contributed by atoms with van der Waals surface area (Å²) in [4.78, 5) is 17.2. The van der Waals surface area contributed by atoms with Crippen LogP contribution in [0.2, 0.25) is 0 Å². The number of pyridine rings is 1. The van der Waals surface area contributed by atoms with Gasteiger partial charge in [0.2, 0.25) is 0 Å². The molecule has 24 heavy (non-hydrogen) atoms. The third-order valence-corrected chi connectivity index (χ3v) is 5.02. The molecule has 0 spiro atoms. The van der Waals surface area contributed by atoms with Crippen molar-refractivity contribution in [3.05, 3.63) is 75.3 Å². The van der Waals surface area contributed by atoms with Crippen molar-refractivity contribution in [2.24, 2.45) is 7.05 Å². The number of thiazole rings is 1. The van der Waals surface area contributed by atoms with Crippen LogP contribution in [0, 0.1) is 6.92 Å². The number of benzene rings is 2. The number of aryl methyl sites for hydroxylation is 2. The minimum Gasteiger partial charge on any atom is -0.311 e. The fourth-order valence-electron chi connectivity index (χ4n) is 2.95. The predicted molar refractivity (Wildman–Crippen MR) is 100 cm³/mol. The predicted octanol–water partition coefficient (Wildman–Crippen LogP) is 4.64. The van der Waals surface area contributed by atoms with E-state index in [1.807, 2.05) is 68.6 Å². The molecule has 0 aliphatic heterocycles. The van der Waals surface area contributed by atoms with Crippen LogP contribution in [0.25, 0.3) is 33.3 Å². The maximum Gasteiger partial charge on any atom is 0.258 e. The zero-order valence-electron chi connectivity index (χ0n) is 13.5. The molecular formula is C20H16N2OS. The number of rotatable bonds is 2. The molecule has 0 amide bonds. The zero-order valence-corrected chi connectivity index (χ0v) is 14.3. The lowest BCUT2D eigenvalue weighted by molar-refractivity contribution is 0.909. The van der Waals surface area contributed by atoms with Crippen molar-refractivity contribution < 1.29 is 0 Å². The van der Waals surface area contributed by atoms with E-state index in [0.29, 0.717) is 0 Å². The third kappa shape index (κ3) is 2.45. The highest BCUT2D eigenvalue weighted by atomic mass is 32.1. The third-order valence-electron chi connectivity index (χ3n) is 4.24. The van der Waals surface area contributed by atoms with Crippen molar-refractivity contribution >= 4 is 22.2 Å². The van der Waals surface area contributed by atoms with Gasteiger partial charge in [-0.25, -0.2) is 4.98 Å². The van der Waals surface area contributed by atoms with E-state index >= 15 is 0 Å². The van der Waals surface area contributed by atoms with E-state index in [2.05, 4.69) is 10.4 Å². The van der Waals surface area contributed by atoms with Gasteiger partial charge in [0.25, 0.3) is 5.56 Å². The zero-order chi connectivity index (χ0) is 16.7. The Morgan fingerprint density at radius 2 is 1.71 bits per heavy atom. The molecule has 0 radical (unpaired) electrons. The van der Waals surface area contributed by atoms with E-state index in [4.69, 9.17) is 0 Å². The lowest BCUT2D eigenvalue weighted by Crippen LogP contribution is -2.18. The van der Waals surface area contributed by atoms with E-state index in [0.717, 1.165) is 38.3 Å². The number of hydrogen-bond acceptors (Lipinski definition) is 3. The van der Waals surface area contributed by atoms with Gasteiger partial charge < -0.3 is 4.57 Å². The first-order valence-corrected chi connectivity index (χ1v) is 8.63. The van der Waals surface area contributed by atoms with Gasteiger partial charge in [0.05, 0.1) is 16.2 Å². The second-order valence-corrected chi connectivity index (χ2v) is 6.87. The van der Waals surface area contributed by atoms with Gasteiger partial charge in [-0.15, -0.1) is 11.3 Å². The minimum atomic E-state index is 0.0194. The topological polar surface area (TPSA) is 34.9 Å². The summed E-state index contributed by atoms with van der Waals surface area (Å²) < 4.78 is 1.71. The highest BCUT2D eigenvalue weighted by molar-refractivity contribution is 7.09. The Morgan fingerprint density at radius 3 is 2.42 bits per heavy atom. The molecule has 0 saturated heterocycles. The molecule has 4 heteroatoms. The Hall–Kier alpha value is -2.72. The lowest BCUT2D eigenvalue weighted by atomic mass is 10.0. The summed E-state index contributed by atoms with van der Waals surface area (Å²) in [7, 11) is 1.82. The van der Waals surface area contributed by atoms with Gasteiger partial charge >= 0.3 is 0 Å². The van der Waals surface area contributed by atoms with Crippen molar-refractivity contribution in [2.75, 3.05) is 0 Å². The van der Waals surface area contributed by atoms with Crippen LogP contribution < -0.4 is 5.56 Å². The van der Waals surface area contributed by atoms with Crippen LogP contribution in [-0.2, 0) is 7.05 Å². The molecule has 3 nitrogen and oxygen atoms in total. The van der Waals surface area contributed by atoms with Gasteiger partial charge in [0.1, 0.15) is 0 Å². The van der Waals surface area contributed by atoms with Gasteiger partial charge in [0.15, 0.2) is 0 Å². The molecule has 0 unspecified atom stereocenters. The Bertz CT molecular complexity index is 1090. The van der Waals surface area contributed by atoms with Crippen LogP contribution >= 0.6 is 11.3 Å². The van der Waals surface area contributed by atoms with Gasteiger partial charge in [-0.2, -0.15) is 0 Å². The van der Waals surface area contributed by atoms with E-state index in [9.17, 15) is 4.79 Å². The Morgan fingerprint density at radius 1 is 1.00 bits per heavy atom. The van der Waals surface area contributed by atoms with Gasteiger partial charge in [-0.3, -0.25) is 4.79 Å². The van der Waals surface area contributed by atoms with E-state index in [1.54, 1.807) is 15.9 Å². The maximum absolute atomic E-state index is 12.7. The van der Waals surface area contributed by atoms with E-state index < -0.39 is 0 Å². The largest absolute Gasteiger partial charge is 0.311 e. The normalized spacial score (nSPS) is 11.1. The molecule has 118 valence electrons. The Kier molecular flexibility index (Phi) is 3.54. The molecule has 2 aromatic carbocycles. The first-order valence-electron chi connectivity index (χ1n) is 7.75. The first kappa shape index (κ1) is 14.8. The molecule has 4 rings (SSSR count). The van der Waals surface area contributed by atoms with Crippen molar-refractivity contribution in [3.63, 3.8) is 0 Å².